The van der Waals surface area contributed by atoms with Crippen LogP contribution in [-0.4, -0.2) is 53.1 Å². The molecule has 3 N–H and O–H groups in total. The van der Waals surface area contributed by atoms with Gasteiger partial charge in [0.25, 0.3) is 0 Å². The second kappa shape index (κ2) is 11.2. The quantitative estimate of drug-likeness (QED) is 0.400. The van der Waals surface area contributed by atoms with Crippen LogP contribution >= 0.6 is 0 Å². The molecule has 0 aromatic heterocycles. The van der Waals surface area contributed by atoms with Crippen LogP contribution in [0.15, 0.2) is 12.7 Å². The maximum absolute atomic E-state index is 9.68. The summed E-state index contributed by atoms with van der Waals surface area (Å²) in [5.74, 6) is 0. The second-order valence-electron chi connectivity index (χ2n) is 5.67. The Hall–Kier alpha value is -0.460. The molecule has 0 unspecified atom stereocenters. The number of ether oxygens (including phenoxy) is 2. The third-order valence-electron chi connectivity index (χ3n) is 3.79. The monoisotopic (exact) mass is 302 g/mol. The molecule has 0 saturated carbocycles. The largest absolute Gasteiger partial charge is 0.388 e. The number of hydrogen-bond acceptors (Lipinski definition) is 5. The Morgan fingerprint density at radius 2 is 1.57 bits per heavy atom. The molecule has 1 fully saturated rings. The summed E-state index contributed by atoms with van der Waals surface area (Å²) in [5, 5.41) is 28.5. The molecule has 21 heavy (non-hydrogen) atoms. The number of aliphatic hydroxyl groups excluding tert-OH is 3. The fraction of sp³-hybridized carbons (Fsp3) is 0.875. The molecule has 0 spiro atoms. The Labute approximate surface area is 127 Å². The summed E-state index contributed by atoms with van der Waals surface area (Å²) in [6, 6.07) is 0. The lowest BCUT2D eigenvalue weighted by Gasteiger charge is -2.34. The third kappa shape index (κ3) is 7.38. The van der Waals surface area contributed by atoms with Crippen molar-refractivity contribution in [3.8, 4) is 0 Å². The van der Waals surface area contributed by atoms with Crippen LogP contribution in [0.4, 0.5) is 0 Å². The van der Waals surface area contributed by atoms with Gasteiger partial charge in [-0.3, -0.25) is 0 Å². The van der Waals surface area contributed by atoms with E-state index in [0.717, 1.165) is 19.3 Å². The maximum atomic E-state index is 9.68. The normalized spacial score (nSPS) is 29.5. The highest BCUT2D eigenvalue weighted by Crippen LogP contribution is 2.17. The van der Waals surface area contributed by atoms with Gasteiger partial charge in [-0.25, -0.2) is 0 Å². The van der Waals surface area contributed by atoms with Gasteiger partial charge in [0.2, 0.25) is 0 Å². The topological polar surface area (TPSA) is 79.2 Å². The van der Waals surface area contributed by atoms with Gasteiger partial charge >= 0.3 is 0 Å². The molecule has 5 nitrogen and oxygen atoms in total. The predicted molar refractivity (Wildman–Crippen MR) is 80.8 cm³/mol. The number of allylic oxidation sites excluding steroid dienone is 1. The summed E-state index contributed by atoms with van der Waals surface area (Å²) in [7, 11) is 0. The zero-order valence-corrected chi connectivity index (χ0v) is 12.8. The summed E-state index contributed by atoms with van der Waals surface area (Å²) < 4.78 is 10.6. The van der Waals surface area contributed by atoms with Crippen molar-refractivity contribution in [1.29, 1.82) is 0 Å². The minimum absolute atomic E-state index is 0.00635. The molecule has 0 aromatic rings. The van der Waals surface area contributed by atoms with Crippen LogP contribution in [0.2, 0.25) is 0 Å². The summed E-state index contributed by atoms with van der Waals surface area (Å²) >= 11 is 0. The number of aliphatic hydroxyl groups is 3. The van der Waals surface area contributed by atoms with E-state index in [1.807, 2.05) is 6.08 Å². The summed E-state index contributed by atoms with van der Waals surface area (Å²) in [6.07, 6.45) is 7.03. The molecule has 0 amide bonds. The highest BCUT2D eigenvalue weighted by atomic mass is 16.7. The number of rotatable bonds is 11. The molecule has 0 aliphatic carbocycles. The molecule has 1 saturated heterocycles. The summed E-state index contributed by atoms with van der Waals surface area (Å²) in [5.41, 5.74) is 0. The summed E-state index contributed by atoms with van der Waals surface area (Å²) in [6.45, 7) is 4.20. The Kier molecular flexibility index (Phi) is 9.87. The van der Waals surface area contributed by atoms with Crippen LogP contribution < -0.4 is 0 Å². The fourth-order valence-corrected chi connectivity index (χ4v) is 2.40. The van der Waals surface area contributed by atoms with Gasteiger partial charge in [0.1, 0.15) is 18.3 Å². The average Bonchev–Trinajstić information content (AvgIpc) is 2.49. The van der Waals surface area contributed by atoms with Gasteiger partial charge in [-0.15, -0.1) is 6.58 Å². The van der Waals surface area contributed by atoms with Crippen LogP contribution in [0.25, 0.3) is 0 Å². The van der Waals surface area contributed by atoms with Crippen molar-refractivity contribution in [1.82, 2.24) is 0 Å². The van der Waals surface area contributed by atoms with Gasteiger partial charge in [-0.1, -0.05) is 38.2 Å². The smallest absolute Gasteiger partial charge is 0.186 e. The molecule has 1 rings (SSSR count). The molecule has 0 aromatic carbocycles. The predicted octanol–water partition coefficient (Wildman–Crippen LogP) is 1.75. The lowest BCUT2D eigenvalue weighted by atomic mass is 10.1. The minimum atomic E-state index is -1.20. The Balaban J connectivity index is 1.93. The zero-order valence-electron chi connectivity index (χ0n) is 12.8. The molecular formula is C16H30O5. The van der Waals surface area contributed by atoms with E-state index in [1.165, 1.54) is 32.1 Å². The van der Waals surface area contributed by atoms with E-state index in [-0.39, 0.29) is 6.61 Å². The van der Waals surface area contributed by atoms with E-state index in [1.54, 1.807) is 0 Å². The number of hydrogen-bond donors (Lipinski definition) is 3. The van der Waals surface area contributed by atoms with E-state index in [4.69, 9.17) is 9.47 Å². The Morgan fingerprint density at radius 1 is 0.952 bits per heavy atom. The van der Waals surface area contributed by atoms with Crippen molar-refractivity contribution >= 4 is 0 Å². The Bertz CT molecular complexity index is 271. The van der Waals surface area contributed by atoms with E-state index in [2.05, 4.69) is 6.58 Å². The molecule has 124 valence electrons. The van der Waals surface area contributed by atoms with Crippen LogP contribution in [0.1, 0.15) is 51.4 Å². The third-order valence-corrected chi connectivity index (χ3v) is 3.79. The van der Waals surface area contributed by atoms with Gasteiger partial charge < -0.3 is 24.8 Å². The van der Waals surface area contributed by atoms with Gasteiger partial charge in [-0.05, 0) is 19.3 Å². The van der Waals surface area contributed by atoms with Gasteiger partial charge in [0.05, 0.1) is 6.61 Å². The average molecular weight is 302 g/mol. The molecule has 4 atom stereocenters. The van der Waals surface area contributed by atoms with E-state index in [9.17, 15) is 15.3 Å². The van der Waals surface area contributed by atoms with Crippen molar-refractivity contribution in [3.63, 3.8) is 0 Å². The van der Waals surface area contributed by atoms with Crippen LogP contribution in [0.5, 0.6) is 0 Å². The number of unbranched alkanes of at least 4 members (excludes halogenated alkanes) is 7. The molecular weight excluding hydrogens is 272 g/mol. The molecule has 1 aliphatic heterocycles. The van der Waals surface area contributed by atoms with Gasteiger partial charge in [0.15, 0.2) is 6.29 Å². The van der Waals surface area contributed by atoms with Crippen molar-refractivity contribution in [2.24, 2.45) is 0 Å². The highest BCUT2D eigenvalue weighted by molar-refractivity contribution is 4.82. The zero-order chi connectivity index (χ0) is 15.5. The van der Waals surface area contributed by atoms with Crippen molar-refractivity contribution in [3.05, 3.63) is 12.7 Å². The van der Waals surface area contributed by atoms with Crippen molar-refractivity contribution < 1.29 is 24.8 Å². The van der Waals surface area contributed by atoms with Crippen LogP contribution in [-0.2, 0) is 9.47 Å². The van der Waals surface area contributed by atoms with Crippen molar-refractivity contribution in [2.45, 2.75) is 76.0 Å². The van der Waals surface area contributed by atoms with E-state index < -0.39 is 24.6 Å². The molecule has 1 heterocycles. The first-order valence-corrected chi connectivity index (χ1v) is 8.05. The molecule has 0 radical (unpaired) electrons. The Morgan fingerprint density at radius 3 is 2.24 bits per heavy atom. The van der Waals surface area contributed by atoms with Crippen LogP contribution in [0, 0.1) is 0 Å². The maximum Gasteiger partial charge on any atom is 0.186 e. The second-order valence-corrected chi connectivity index (χ2v) is 5.67. The standard InChI is InChI=1S/C16H30O5/c1-2-3-4-5-6-7-8-9-10-11-20-16-15(19)14(18)13(17)12-21-16/h2,13-19H,1,3-12H2/t13-,14+,15-,16-/m1/s1. The van der Waals surface area contributed by atoms with E-state index >= 15 is 0 Å². The lowest BCUT2D eigenvalue weighted by molar-refractivity contribution is -0.270. The lowest BCUT2D eigenvalue weighted by Crippen LogP contribution is -2.53. The summed E-state index contributed by atoms with van der Waals surface area (Å²) in [4.78, 5) is 0. The molecule has 0 bridgehead atoms. The van der Waals surface area contributed by atoms with Crippen molar-refractivity contribution in [2.75, 3.05) is 13.2 Å². The first kappa shape index (κ1) is 18.6. The first-order valence-electron chi connectivity index (χ1n) is 8.05. The van der Waals surface area contributed by atoms with Gasteiger partial charge in [0, 0.05) is 6.61 Å². The molecule has 5 heteroatoms. The van der Waals surface area contributed by atoms with E-state index in [0.29, 0.717) is 6.61 Å². The molecule has 1 aliphatic rings. The van der Waals surface area contributed by atoms with Gasteiger partial charge in [-0.2, -0.15) is 0 Å². The first-order chi connectivity index (χ1) is 10.2. The SMILES string of the molecule is C=CCCCCCCCCCO[C@@H]1OC[C@@H](O)[C@H](O)[C@H]1O. The fourth-order valence-electron chi connectivity index (χ4n) is 2.40. The highest BCUT2D eigenvalue weighted by Gasteiger charge is 2.37. The van der Waals surface area contributed by atoms with Crippen LogP contribution in [0.3, 0.4) is 0 Å². The minimum Gasteiger partial charge on any atom is -0.388 e.